The number of carbonyl (C=O) groups is 3. The predicted octanol–water partition coefficient (Wildman–Crippen LogP) is 2.98. The molecule has 2 aliphatic rings. The van der Waals surface area contributed by atoms with Crippen molar-refractivity contribution < 1.29 is 19.0 Å². The molecule has 8 heteroatoms. The van der Waals surface area contributed by atoms with Crippen LogP contribution in [0.4, 0.5) is 10.5 Å². The summed E-state index contributed by atoms with van der Waals surface area (Å²) in [4.78, 5) is 39.1. The number of fused-ring (bicyclic) bond motifs is 1. The molecule has 0 aliphatic carbocycles. The van der Waals surface area contributed by atoms with Crippen molar-refractivity contribution in [3.05, 3.63) is 40.8 Å². The van der Waals surface area contributed by atoms with Crippen LogP contribution in [-0.2, 0) is 9.59 Å². The van der Waals surface area contributed by atoms with Gasteiger partial charge in [-0.2, -0.15) is 14.3 Å². The van der Waals surface area contributed by atoms with Crippen molar-refractivity contribution in [3.8, 4) is 0 Å². The van der Waals surface area contributed by atoms with Crippen LogP contribution in [0.5, 0.6) is 0 Å². The van der Waals surface area contributed by atoms with Gasteiger partial charge in [-0.3, -0.25) is 4.79 Å². The maximum atomic E-state index is 12.8. The van der Waals surface area contributed by atoms with Crippen molar-refractivity contribution in [1.29, 1.82) is 0 Å². The lowest BCUT2D eigenvalue weighted by Crippen LogP contribution is -2.57. The summed E-state index contributed by atoms with van der Waals surface area (Å²) in [6, 6.07) is 6.34. The van der Waals surface area contributed by atoms with Gasteiger partial charge < -0.3 is 5.32 Å². The van der Waals surface area contributed by atoms with Gasteiger partial charge in [0.25, 0.3) is 5.91 Å². The second kappa shape index (κ2) is 7.63. The molecule has 6 nitrogen and oxygen atoms in total. The van der Waals surface area contributed by atoms with E-state index in [0.717, 1.165) is 0 Å². The smallest absolute Gasteiger partial charge is 0.323 e. The molecule has 0 fully saturated rings. The van der Waals surface area contributed by atoms with Crippen molar-refractivity contribution in [2.45, 2.75) is 19.1 Å². The summed E-state index contributed by atoms with van der Waals surface area (Å²) >= 11 is 7.28. The van der Waals surface area contributed by atoms with Gasteiger partial charge in [0.1, 0.15) is 5.71 Å². The number of halogens is 1. The Hall–Kier alpha value is -2.12. The molecule has 2 aliphatic heterocycles. The number of benzene rings is 1. The van der Waals surface area contributed by atoms with Gasteiger partial charge in [-0.05, 0) is 35.6 Å². The van der Waals surface area contributed by atoms with Crippen molar-refractivity contribution in [2.75, 3.05) is 18.4 Å². The second-order valence-electron chi connectivity index (χ2n) is 6.51. The number of nitrogens with one attached hydrogen (secondary N) is 1. The number of urea groups is 1. The van der Waals surface area contributed by atoms with Crippen LogP contribution in [0.3, 0.4) is 0 Å². The van der Waals surface area contributed by atoms with E-state index in [-0.39, 0.29) is 24.3 Å². The van der Waals surface area contributed by atoms with E-state index in [9.17, 15) is 14.4 Å². The topological polar surface area (TPSA) is 69.5 Å². The Balaban J connectivity index is 1.83. The van der Waals surface area contributed by atoms with E-state index in [0.29, 0.717) is 23.0 Å². The van der Waals surface area contributed by atoms with Gasteiger partial charge in [-0.1, -0.05) is 31.5 Å². The van der Waals surface area contributed by atoms with E-state index in [4.69, 9.17) is 11.6 Å². The summed E-state index contributed by atoms with van der Waals surface area (Å²) in [6.07, 6.45) is 1.73. The molecular weight excluding hydrogens is 374 g/mol. The normalized spacial score (nSPS) is 19.4. The van der Waals surface area contributed by atoms with Gasteiger partial charge in [-0.25, -0.2) is 4.79 Å². The van der Waals surface area contributed by atoms with Crippen LogP contribution in [0.25, 0.3) is 0 Å². The van der Waals surface area contributed by atoms with Crippen LogP contribution < -0.4 is 5.32 Å². The number of thioether (sulfide) groups is 1. The number of hydrogen-bond acceptors (Lipinski definition) is 4. The highest BCUT2D eigenvalue weighted by atomic mass is 35.5. The molecule has 1 aromatic carbocycles. The SMILES string of the molecule is CC(C)CN1C(=O)C2SC=CC2=[N+](CC(=O)Nc2cccc(Cl)c2)C1=O. The molecule has 4 amide bonds. The maximum absolute atomic E-state index is 12.8. The predicted molar refractivity (Wildman–Crippen MR) is 103 cm³/mol. The number of nitrogens with zero attached hydrogens (tertiary/aromatic N) is 2. The number of hydrogen-bond donors (Lipinski definition) is 1. The summed E-state index contributed by atoms with van der Waals surface area (Å²) in [5, 5.41) is 4.56. The Morgan fingerprint density at radius 2 is 2.15 bits per heavy atom. The molecule has 3 rings (SSSR count). The Bertz CT molecular complexity index is 835. The van der Waals surface area contributed by atoms with E-state index < -0.39 is 11.3 Å². The molecule has 26 heavy (non-hydrogen) atoms. The van der Waals surface area contributed by atoms with Crippen LogP contribution >= 0.6 is 23.4 Å². The van der Waals surface area contributed by atoms with Gasteiger partial charge in [0, 0.05) is 10.7 Å². The first-order valence-corrected chi connectivity index (χ1v) is 9.56. The molecule has 0 bridgehead atoms. The monoisotopic (exact) mass is 392 g/mol. The molecular formula is C18H19ClN3O3S+. The zero-order valence-corrected chi connectivity index (χ0v) is 16.0. The highest BCUT2D eigenvalue weighted by Crippen LogP contribution is 2.28. The zero-order valence-electron chi connectivity index (χ0n) is 14.4. The third-order valence-electron chi connectivity index (χ3n) is 3.94. The van der Waals surface area contributed by atoms with Crippen molar-refractivity contribution in [3.63, 3.8) is 0 Å². The number of rotatable bonds is 5. The third-order valence-corrected chi connectivity index (χ3v) is 5.19. The summed E-state index contributed by atoms with van der Waals surface area (Å²) in [5.41, 5.74) is 1.12. The van der Waals surface area contributed by atoms with E-state index >= 15 is 0 Å². The Morgan fingerprint density at radius 3 is 2.85 bits per heavy atom. The van der Waals surface area contributed by atoms with Crippen LogP contribution in [0.1, 0.15) is 13.8 Å². The first kappa shape index (κ1) is 18.7. The lowest BCUT2D eigenvalue weighted by molar-refractivity contribution is -0.426. The minimum absolute atomic E-state index is 0.144. The number of carbonyl (C=O) groups excluding carboxylic acids is 3. The molecule has 2 heterocycles. The molecule has 1 N–H and O–H groups in total. The first-order valence-electron chi connectivity index (χ1n) is 8.24. The average Bonchev–Trinajstić information content (AvgIpc) is 3.05. The number of amides is 4. The molecule has 0 saturated carbocycles. The van der Waals surface area contributed by atoms with Crippen LogP contribution in [0, 0.1) is 5.92 Å². The minimum Gasteiger partial charge on any atom is -0.323 e. The fourth-order valence-electron chi connectivity index (χ4n) is 2.86. The standard InChI is InChI=1S/C18H18ClN3O3S/c1-11(2)9-22-17(24)16-14(6-7-26-16)21(18(22)25)10-15(23)20-13-5-3-4-12(19)8-13/h3-8,11,16H,9-10H2,1-2H3/p+1. The molecule has 0 saturated heterocycles. The highest BCUT2D eigenvalue weighted by molar-refractivity contribution is 8.04. The second-order valence-corrected chi connectivity index (χ2v) is 7.97. The lowest BCUT2D eigenvalue weighted by atomic mass is 10.1. The molecule has 1 unspecified atom stereocenters. The van der Waals surface area contributed by atoms with Gasteiger partial charge in [0.15, 0.2) is 11.8 Å². The summed E-state index contributed by atoms with van der Waals surface area (Å²) < 4.78 is 1.38. The lowest BCUT2D eigenvalue weighted by Gasteiger charge is -2.25. The molecule has 136 valence electrons. The quantitative estimate of drug-likeness (QED) is 0.782. The van der Waals surface area contributed by atoms with Gasteiger partial charge in [0.2, 0.25) is 0 Å². The fourth-order valence-corrected chi connectivity index (χ4v) is 4.01. The zero-order chi connectivity index (χ0) is 18.8. The third kappa shape index (κ3) is 3.83. The van der Waals surface area contributed by atoms with Gasteiger partial charge in [-0.15, -0.1) is 11.8 Å². The maximum Gasteiger partial charge on any atom is 0.501 e. The van der Waals surface area contributed by atoms with E-state index in [1.165, 1.54) is 21.2 Å². The molecule has 0 spiro atoms. The van der Waals surface area contributed by atoms with Crippen molar-refractivity contribution >= 4 is 52.6 Å². The van der Waals surface area contributed by atoms with Crippen LogP contribution in [-0.4, -0.2) is 51.4 Å². The largest absolute Gasteiger partial charge is 0.501 e. The van der Waals surface area contributed by atoms with Gasteiger partial charge in [0.05, 0.1) is 6.54 Å². The Kier molecular flexibility index (Phi) is 5.48. The summed E-state index contributed by atoms with van der Waals surface area (Å²) in [6.45, 7) is 4.05. The average molecular weight is 393 g/mol. The van der Waals surface area contributed by atoms with Crippen LogP contribution in [0.15, 0.2) is 35.7 Å². The van der Waals surface area contributed by atoms with Crippen LogP contribution in [0.2, 0.25) is 5.02 Å². The molecule has 1 aromatic rings. The first-order chi connectivity index (χ1) is 12.4. The van der Waals surface area contributed by atoms with E-state index in [1.54, 1.807) is 35.7 Å². The van der Waals surface area contributed by atoms with Crippen molar-refractivity contribution in [2.24, 2.45) is 5.92 Å². The fraction of sp³-hybridized carbons (Fsp3) is 0.333. The Labute approximate surface area is 160 Å². The van der Waals surface area contributed by atoms with Crippen molar-refractivity contribution in [1.82, 2.24) is 4.90 Å². The number of imide groups is 1. The molecule has 1 atom stereocenters. The highest BCUT2D eigenvalue weighted by Gasteiger charge is 2.49. The number of anilines is 1. The summed E-state index contributed by atoms with van der Waals surface area (Å²) in [7, 11) is 0. The molecule has 0 radical (unpaired) electrons. The van der Waals surface area contributed by atoms with Gasteiger partial charge >= 0.3 is 11.9 Å². The Morgan fingerprint density at radius 1 is 1.38 bits per heavy atom. The minimum atomic E-state index is -0.467. The number of allylic oxidation sites excluding steroid dienone is 1. The van der Waals surface area contributed by atoms with E-state index in [2.05, 4.69) is 5.32 Å². The summed E-state index contributed by atoms with van der Waals surface area (Å²) in [5.74, 6) is -0.429. The van der Waals surface area contributed by atoms with E-state index in [1.807, 2.05) is 13.8 Å². The molecule has 0 aromatic heterocycles.